The van der Waals surface area contributed by atoms with E-state index in [1.807, 2.05) is 35.9 Å². The Morgan fingerprint density at radius 3 is 2.85 bits per heavy atom. The number of aryl methyl sites for hydroxylation is 2. The van der Waals surface area contributed by atoms with Crippen molar-refractivity contribution >= 4 is 26.8 Å². The van der Waals surface area contributed by atoms with Crippen LogP contribution >= 0.6 is 15.9 Å². The van der Waals surface area contributed by atoms with E-state index in [4.69, 9.17) is 0 Å². The summed E-state index contributed by atoms with van der Waals surface area (Å²) >= 11 is 3.44. The summed E-state index contributed by atoms with van der Waals surface area (Å²) in [7, 11) is 0. The highest BCUT2D eigenvalue weighted by molar-refractivity contribution is 9.10. The Bertz CT molecular complexity index is 848. The molecule has 5 heteroatoms. The molecule has 0 atom stereocenters. The fraction of sp³-hybridized carbons (Fsp3) is 0.200. The van der Waals surface area contributed by atoms with Gasteiger partial charge in [-0.3, -0.25) is 9.48 Å². The highest BCUT2D eigenvalue weighted by atomic mass is 79.9. The van der Waals surface area contributed by atoms with Gasteiger partial charge in [0, 0.05) is 28.3 Å². The number of nitrogens with zero attached hydrogens (tertiary/aromatic N) is 2. The zero-order chi connectivity index (χ0) is 14.3. The zero-order valence-electron chi connectivity index (χ0n) is 11.3. The van der Waals surface area contributed by atoms with Gasteiger partial charge in [0.25, 0.3) is 5.56 Å². The number of halogens is 1. The minimum absolute atomic E-state index is 0.0979. The summed E-state index contributed by atoms with van der Waals surface area (Å²) < 4.78 is 2.76. The van der Waals surface area contributed by atoms with E-state index in [-0.39, 0.29) is 5.56 Å². The Hall–Kier alpha value is -1.88. The Labute approximate surface area is 124 Å². The van der Waals surface area contributed by atoms with E-state index < -0.39 is 0 Å². The van der Waals surface area contributed by atoms with Crippen molar-refractivity contribution in [2.75, 3.05) is 0 Å². The molecule has 0 amide bonds. The number of H-pyrrole nitrogens is 1. The largest absolute Gasteiger partial charge is 0.329 e. The van der Waals surface area contributed by atoms with Gasteiger partial charge < -0.3 is 4.98 Å². The average Bonchev–Trinajstić information content (AvgIpc) is 2.75. The second kappa shape index (κ2) is 4.90. The Morgan fingerprint density at radius 1 is 1.35 bits per heavy atom. The first kappa shape index (κ1) is 13.1. The smallest absolute Gasteiger partial charge is 0.256 e. The Balaban J connectivity index is 2.28. The monoisotopic (exact) mass is 331 g/mol. The van der Waals surface area contributed by atoms with Crippen LogP contribution in [0.15, 0.2) is 39.7 Å². The number of aromatic amines is 1. The fourth-order valence-electron chi connectivity index (χ4n) is 2.44. The third-order valence-corrected chi connectivity index (χ3v) is 4.16. The minimum Gasteiger partial charge on any atom is -0.329 e. The number of pyridine rings is 1. The van der Waals surface area contributed by atoms with E-state index in [1.165, 1.54) is 0 Å². The van der Waals surface area contributed by atoms with E-state index in [9.17, 15) is 4.79 Å². The molecule has 2 heterocycles. The zero-order valence-corrected chi connectivity index (χ0v) is 12.9. The Morgan fingerprint density at radius 2 is 2.15 bits per heavy atom. The lowest BCUT2D eigenvalue weighted by Gasteiger charge is -2.03. The maximum atomic E-state index is 12.0. The summed E-state index contributed by atoms with van der Waals surface area (Å²) in [6.45, 7) is 4.95. The summed E-state index contributed by atoms with van der Waals surface area (Å²) in [4.78, 5) is 14.7. The highest BCUT2D eigenvalue weighted by Crippen LogP contribution is 2.28. The molecule has 1 aromatic carbocycles. The maximum absolute atomic E-state index is 12.0. The molecule has 0 spiro atoms. The lowest BCUT2D eigenvalue weighted by Crippen LogP contribution is -2.08. The van der Waals surface area contributed by atoms with Gasteiger partial charge >= 0.3 is 0 Å². The quantitative estimate of drug-likeness (QED) is 0.781. The molecule has 0 saturated carbocycles. The van der Waals surface area contributed by atoms with Gasteiger partial charge in [0.2, 0.25) is 0 Å². The lowest BCUT2D eigenvalue weighted by atomic mass is 10.0. The number of nitrogens with one attached hydrogen (secondary N) is 1. The molecule has 0 unspecified atom stereocenters. The van der Waals surface area contributed by atoms with Crippen LogP contribution in [-0.2, 0) is 6.54 Å². The van der Waals surface area contributed by atoms with Gasteiger partial charge in [-0.25, -0.2) is 0 Å². The summed E-state index contributed by atoms with van der Waals surface area (Å²) in [5.41, 5.74) is 3.52. The molecule has 0 aliphatic rings. The van der Waals surface area contributed by atoms with Crippen molar-refractivity contribution < 1.29 is 0 Å². The molecule has 0 bridgehead atoms. The van der Waals surface area contributed by atoms with Gasteiger partial charge in [-0.1, -0.05) is 6.07 Å². The van der Waals surface area contributed by atoms with Crippen molar-refractivity contribution in [2.24, 2.45) is 0 Å². The molecule has 2 aromatic heterocycles. The molecule has 0 fully saturated rings. The topological polar surface area (TPSA) is 50.7 Å². The molecule has 0 saturated heterocycles. The first-order chi connectivity index (χ1) is 9.61. The van der Waals surface area contributed by atoms with E-state index in [0.29, 0.717) is 5.56 Å². The molecule has 3 rings (SSSR count). The molecular weight excluding hydrogens is 318 g/mol. The predicted octanol–water partition coefficient (Wildman–Crippen LogP) is 3.48. The Kier molecular flexibility index (Phi) is 3.22. The van der Waals surface area contributed by atoms with Crippen molar-refractivity contribution in [3.8, 4) is 11.1 Å². The summed E-state index contributed by atoms with van der Waals surface area (Å²) in [5, 5.41) is 5.61. The van der Waals surface area contributed by atoms with Gasteiger partial charge in [0.15, 0.2) is 0 Å². The van der Waals surface area contributed by atoms with Crippen LogP contribution in [0.2, 0.25) is 0 Å². The number of hydrogen-bond donors (Lipinski definition) is 1. The minimum atomic E-state index is -0.0979. The highest BCUT2D eigenvalue weighted by Gasteiger charge is 2.11. The predicted molar refractivity (Wildman–Crippen MR) is 83.9 cm³/mol. The number of fused-ring (bicyclic) bond motifs is 1. The fourth-order valence-corrected chi connectivity index (χ4v) is 2.99. The molecule has 3 aromatic rings. The SMILES string of the molecule is CCn1nc2ccc(-c3c(Br)cc[nH]c3=O)cc2c1C. The van der Waals surface area contributed by atoms with E-state index >= 15 is 0 Å². The molecule has 20 heavy (non-hydrogen) atoms. The lowest BCUT2D eigenvalue weighted by molar-refractivity contribution is 0.647. The van der Waals surface area contributed by atoms with Crippen molar-refractivity contribution in [3.05, 3.63) is 51.0 Å². The van der Waals surface area contributed by atoms with E-state index in [2.05, 4.69) is 32.9 Å². The standard InChI is InChI=1S/C15H14BrN3O/c1-3-19-9(2)11-8-10(4-5-13(11)18-19)14-12(16)6-7-17-15(14)20/h4-8H,3H2,1-2H3,(H,17,20). The van der Waals surface area contributed by atoms with Crippen molar-refractivity contribution in [2.45, 2.75) is 20.4 Å². The molecular formula is C15H14BrN3O. The van der Waals surface area contributed by atoms with Gasteiger partial charge in [0.05, 0.1) is 11.1 Å². The van der Waals surface area contributed by atoms with Crippen LogP contribution in [0.25, 0.3) is 22.0 Å². The summed E-state index contributed by atoms with van der Waals surface area (Å²) in [6, 6.07) is 7.76. The number of benzene rings is 1. The van der Waals surface area contributed by atoms with Gasteiger partial charge in [-0.15, -0.1) is 0 Å². The number of aromatic nitrogens is 3. The van der Waals surface area contributed by atoms with Crippen LogP contribution in [0.3, 0.4) is 0 Å². The molecule has 0 aliphatic heterocycles. The van der Waals surface area contributed by atoms with E-state index in [1.54, 1.807) is 6.20 Å². The number of rotatable bonds is 2. The molecule has 102 valence electrons. The van der Waals surface area contributed by atoms with Crippen molar-refractivity contribution in [1.82, 2.24) is 14.8 Å². The van der Waals surface area contributed by atoms with E-state index in [0.717, 1.165) is 33.2 Å². The first-order valence-corrected chi connectivity index (χ1v) is 7.26. The van der Waals surface area contributed by atoms with Gasteiger partial charge in [-0.05, 0) is 53.5 Å². The third kappa shape index (κ3) is 1.98. The molecule has 0 radical (unpaired) electrons. The van der Waals surface area contributed by atoms with Crippen LogP contribution in [-0.4, -0.2) is 14.8 Å². The summed E-state index contributed by atoms with van der Waals surface area (Å²) in [6.07, 6.45) is 1.63. The second-order valence-electron chi connectivity index (χ2n) is 4.66. The average molecular weight is 332 g/mol. The number of hydrogen-bond acceptors (Lipinski definition) is 2. The van der Waals surface area contributed by atoms with Gasteiger partial charge in [-0.2, -0.15) is 5.10 Å². The summed E-state index contributed by atoms with van der Waals surface area (Å²) in [5.74, 6) is 0. The van der Waals surface area contributed by atoms with Crippen LogP contribution < -0.4 is 5.56 Å². The van der Waals surface area contributed by atoms with Crippen molar-refractivity contribution in [3.63, 3.8) is 0 Å². The van der Waals surface area contributed by atoms with Crippen LogP contribution in [0.4, 0.5) is 0 Å². The van der Waals surface area contributed by atoms with Gasteiger partial charge in [0.1, 0.15) is 0 Å². The van der Waals surface area contributed by atoms with Crippen molar-refractivity contribution in [1.29, 1.82) is 0 Å². The molecule has 0 aliphatic carbocycles. The first-order valence-electron chi connectivity index (χ1n) is 6.46. The normalized spacial score (nSPS) is 11.2. The van der Waals surface area contributed by atoms with Crippen LogP contribution in [0.1, 0.15) is 12.6 Å². The second-order valence-corrected chi connectivity index (χ2v) is 5.52. The molecule has 4 nitrogen and oxygen atoms in total. The van der Waals surface area contributed by atoms with Crippen LogP contribution in [0.5, 0.6) is 0 Å². The third-order valence-electron chi connectivity index (χ3n) is 3.50. The van der Waals surface area contributed by atoms with Crippen LogP contribution in [0, 0.1) is 6.92 Å². The maximum Gasteiger partial charge on any atom is 0.256 e. The molecule has 1 N–H and O–H groups in total.